The number of rotatable bonds is 4. The van der Waals surface area contributed by atoms with Gasteiger partial charge in [0.2, 0.25) is 11.8 Å². The van der Waals surface area contributed by atoms with Gasteiger partial charge in [0, 0.05) is 31.5 Å². The van der Waals surface area contributed by atoms with Gasteiger partial charge in [-0.05, 0) is 24.8 Å². The molecule has 1 saturated heterocycles. The number of likely N-dealkylation sites (tertiary alicyclic amines) is 1. The summed E-state index contributed by atoms with van der Waals surface area (Å²) in [6, 6.07) is 10.2. The van der Waals surface area contributed by atoms with Gasteiger partial charge in [-0.25, -0.2) is 0 Å². The third kappa shape index (κ3) is 4.83. The zero-order chi connectivity index (χ0) is 17.9. The Bertz CT molecular complexity index is 575. The first-order valence-corrected chi connectivity index (χ1v) is 8.80. The number of benzene rings is 1. The summed E-state index contributed by atoms with van der Waals surface area (Å²) in [5.41, 5.74) is 1.09. The molecule has 1 aliphatic heterocycles. The summed E-state index contributed by atoms with van der Waals surface area (Å²) in [7, 11) is 0. The van der Waals surface area contributed by atoms with Gasteiger partial charge in [-0.2, -0.15) is 0 Å². The second-order valence-electron chi connectivity index (χ2n) is 8.32. The second-order valence-corrected chi connectivity index (χ2v) is 8.32. The predicted octanol–water partition coefficient (Wildman–Crippen LogP) is 3.19. The minimum Gasteiger partial charge on any atom is -0.354 e. The maximum atomic E-state index is 12.6. The highest BCUT2D eigenvalue weighted by atomic mass is 16.2. The summed E-state index contributed by atoms with van der Waals surface area (Å²) < 4.78 is 0. The van der Waals surface area contributed by atoms with Crippen molar-refractivity contribution in [2.45, 2.75) is 53.0 Å². The Morgan fingerprint density at radius 2 is 1.79 bits per heavy atom. The lowest BCUT2D eigenvalue weighted by molar-refractivity contribution is -0.132. The molecule has 2 amide bonds. The maximum absolute atomic E-state index is 12.6. The van der Waals surface area contributed by atoms with E-state index in [0.29, 0.717) is 19.5 Å². The van der Waals surface area contributed by atoms with E-state index in [-0.39, 0.29) is 35.1 Å². The van der Waals surface area contributed by atoms with Crippen LogP contribution >= 0.6 is 0 Å². The van der Waals surface area contributed by atoms with Crippen molar-refractivity contribution in [1.29, 1.82) is 0 Å². The molecule has 0 aromatic heterocycles. The Labute approximate surface area is 145 Å². The molecular formula is C20H30N2O2. The molecule has 4 heteroatoms. The Morgan fingerprint density at radius 3 is 2.33 bits per heavy atom. The van der Waals surface area contributed by atoms with Gasteiger partial charge in [-0.15, -0.1) is 0 Å². The van der Waals surface area contributed by atoms with E-state index in [0.717, 1.165) is 5.56 Å². The lowest BCUT2D eigenvalue weighted by Gasteiger charge is -2.23. The van der Waals surface area contributed by atoms with Gasteiger partial charge in [0.1, 0.15) is 0 Å². The first-order valence-electron chi connectivity index (χ1n) is 8.80. The van der Waals surface area contributed by atoms with Gasteiger partial charge >= 0.3 is 0 Å². The third-order valence-electron chi connectivity index (χ3n) is 4.35. The van der Waals surface area contributed by atoms with Crippen molar-refractivity contribution in [3.05, 3.63) is 35.9 Å². The van der Waals surface area contributed by atoms with E-state index in [1.165, 1.54) is 0 Å². The average Bonchev–Trinajstić information content (AvgIpc) is 2.91. The molecule has 1 aromatic rings. The molecule has 2 rings (SSSR count). The molecule has 0 aliphatic carbocycles. The molecule has 1 fully saturated rings. The molecule has 1 aromatic carbocycles. The first kappa shape index (κ1) is 18.5. The standard InChI is InChI=1S/C20H30N2O2/c1-14(2)21-19(24)17-13-22(18(23)11-20(3,4)5)12-16(17)15-9-7-6-8-10-15/h6-10,14,16-17H,11-13H2,1-5H3,(H,21,24)/t16-,17+/m1/s1. The van der Waals surface area contributed by atoms with Crippen molar-refractivity contribution >= 4 is 11.8 Å². The average molecular weight is 330 g/mol. The van der Waals surface area contributed by atoms with Crippen LogP contribution in [0.15, 0.2) is 30.3 Å². The van der Waals surface area contributed by atoms with Gasteiger partial charge in [0.15, 0.2) is 0 Å². The molecule has 0 unspecified atom stereocenters. The predicted molar refractivity (Wildman–Crippen MR) is 96.6 cm³/mol. The number of nitrogens with one attached hydrogen (secondary N) is 1. The highest BCUT2D eigenvalue weighted by Gasteiger charge is 2.40. The van der Waals surface area contributed by atoms with E-state index in [4.69, 9.17) is 0 Å². The summed E-state index contributed by atoms with van der Waals surface area (Å²) >= 11 is 0. The summed E-state index contributed by atoms with van der Waals surface area (Å²) in [5.74, 6) is 0.0702. The Kier molecular flexibility index (Phi) is 5.68. The molecule has 0 radical (unpaired) electrons. The fourth-order valence-electron chi connectivity index (χ4n) is 3.27. The van der Waals surface area contributed by atoms with E-state index >= 15 is 0 Å². The summed E-state index contributed by atoms with van der Waals surface area (Å²) in [6.07, 6.45) is 0.507. The largest absolute Gasteiger partial charge is 0.354 e. The molecule has 1 N–H and O–H groups in total. The molecule has 4 nitrogen and oxygen atoms in total. The van der Waals surface area contributed by atoms with Crippen LogP contribution in [0.25, 0.3) is 0 Å². The van der Waals surface area contributed by atoms with Crippen LogP contribution < -0.4 is 5.32 Å². The van der Waals surface area contributed by atoms with Crippen LogP contribution in [0.4, 0.5) is 0 Å². The van der Waals surface area contributed by atoms with E-state index in [9.17, 15) is 9.59 Å². The molecule has 0 bridgehead atoms. The highest BCUT2D eigenvalue weighted by Crippen LogP contribution is 2.34. The van der Waals surface area contributed by atoms with Crippen molar-refractivity contribution in [3.63, 3.8) is 0 Å². The molecule has 2 atom stereocenters. The number of hydrogen-bond acceptors (Lipinski definition) is 2. The summed E-state index contributed by atoms with van der Waals surface area (Å²) in [4.78, 5) is 27.1. The molecular weight excluding hydrogens is 300 g/mol. The van der Waals surface area contributed by atoms with E-state index < -0.39 is 0 Å². The topological polar surface area (TPSA) is 49.4 Å². The minimum atomic E-state index is -0.182. The van der Waals surface area contributed by atoms with Gasteiger partial charge in [0.05, 0.1) is 5.92 Å². The molecule has 24 heavy (non-hydrogen) atoms. The zero-order valence-electron chi connectivity index (χ0n) is 15.5. The maximum Gasteiger partial charge on any atom is 0.225 e. The summed E-state index contributed by atoms with van der Waals surface area (Å²) in [6.45, 7) is 11.3. The summed E-state index contributed by atoms with van der Waals surface area (Å²) in [5, 5.41) is 3.02. The van der Waals surface area contributed by atoms with Crippen molar-refractivity contribution in [1.82, 2.24) is 10.2 Å². The Hall–Kier alpha value is -1.84. The fraction of sp³-hybridized carbons (Fsp3) is 0.600. The zero-order valence-corrected chi connectivity index (χ0v) is 15.5. The lowest BCUT2D eigenvalue weighted by atomic mass is 9.88. The molecule has 0 saturated carbocycles. The van der Waals surface area contributed by atoms with Gasteiger partial charge in [-0.1, -0.05) is 51.1 Å². The fourth-order valence-corrected chi connectivity index (χ4v) is 3.27. The van der Waals surface area contributed by atoms with Gasteiger partial charge < -0.3 is 10.2 Å². The SMILES string of the molecule is CC(C)NC(=O)[C@H]1CN(C(=O)CC(C)(C)C)C[C@@H]1c1ccccc1. The molecule has 1 aliphatic rings. The molecule has 132 valence electrons. The van der Waals surface area contributed by atoms with Gasteiger partial charge in [-0.3, -0.25) is 9.59 Å². The van der Waals surface area contributed by atoms with Gasteiger partial charge in [0.25, 0.3) is 0 Å². The monoisotopic (exact) mass is 330 g/mol. The minimum absolute atomic E-state index is 0.0440. The number of nitrogens with zero attached hydrogens (tertiary/aromatic N) is 1. The van der Waals surface area contributed by atoms with Crippen molar-refractivity contribution in [2.75, 3.05) is 13.1 Å². The number of carbonyl (C=O) groups is 2. The first-order chi connectivity index (χ1) is 11.2. The Balaban J connectivity index is 2.19. The van der Waals surface area contributed by atoms with Crippen LogP contribution in [-0.2, 0) is 9.59 Å². The van der Waals surface area contributed by atoms with E-state index in [2.05, 4.69) is 38.2 Å². The second kappa shape index (κ2) is 7.37. The van der Waals surface area contributed by atoms with Crippen molar-refractivity contribution < 1.29 is 9.59 Å². The van der Waals surface area contributed by atoms with Crippen molar-refractivity contribution in [2.24, 2.45) is 11.3 Å². The van der Waals surface area contributed by atoms with Crippen LogP contribution in [0, 0.1) is 11.3 Å². The highest BCUT2D eigenvalue weighted by molar-refractivity contribution is 5.83. The van der Waals surface area contributed by atoms with Crippen LogP contribution in [0.5, 0.6) is 0 Å². The molecule has 1 heterocycles. The number of carbonyl (C=O) groups excluding carboxylic acids is 2. The lowest BCUT2D eigenvalue weighted by Crippen LogP contribution is -2.39. The van der Waals surface area contributed by atoms with Crippen molar-refractivity contribution in [3.8, 4) is 0 Å². The smallest absolute Gasteiger partial charge is 0.225 e. The van der Waals surface area contributed by atoms with E-state index in [1.807, 2.05) is 36.9 Å². The number of amides is 2. The normalized spacial score (nSPS) is 21.2. The third-order valence-corrected chi connectivity index (χ3v) is 4.35. The van der Waals surface area contributed by atoms with Crippen LogP contribution in [0.3, 0.4) is 0 Å². The van der Waals surface area contributed by atoms with E-state index in [1.54, 1.807) is 0 Å². The quantitative estimate of drug-likeness (QED) is 0.922. The Morgan fingerprint density at radius 1 is 1.17 bits per heavy atom. The number of hydrogen-bond donors (Lipinski definition) is 1. The van der Waals surface area contributed by atoms with Crippen LogP contribution in [-0.4, -0.2) is 35.8 Å². The molecule has 0 spiro atoms. The van der Waals surface area contributed by atoms with Crippen LogP contribution in [0.1, 0.15) is 52.5 Å². The van der Waals surface area contributed by atoms with Crippen LogP contribution in [0.2, 0.25) is 0 Å².